The number of amides is 2. The highest BCUT2D eigenvalue weighted by molar-refractivity contribution is 7.99. The number of hydroxylamine groups is 2. The second-order valence-corrected chi connectivity index (χ2v) is 8.48. The van der Waals surface area contributed by atoms with Crippen LogP contribution < -0.4 is 0 Å². The van der Waals surface area contributed by atoms with Gasteiger partial charge in [-0.25, -0.2) is 0 Å². The first-order chi connectivity index (χ1) is 12.5. The standard InChI is InChI=1S/C15H10F3NO5S3/c1-25-8-5-3-7-4-6-9(26-2)12-10(7)11(8)13(20)19(14(12)21)24-27(22,23)15(16,17)18/h3-6H,1-2H3. The molecule has 0 saturated heterocycles. The fourth-order valence-electron chi connectivity index (χ4n) is 2.65. The Morgan fingerprint density at radius 1 is 0.926 bits per heavy atom. The van der Waals surface area contributed by atoms with Crippen molar-refractivity contribution in [1.82, 2.24) is 5.06 Å². The molecule has 0 unspecified atom stereocenters. The van der Waals surface area contributed by atoms with Crippen LogP contribution in [0, 0.1) is 0 Å². The summed E-state index contributed by atoms with van der Waals surface area (Å²) in [5.74, 6) is -2.54. The second-order valence-electron chi connectivity index (χ2n) is 5.26. The van der Waals surface area contributed by atoms with E-state index < -0.39 is 27.4 Å². The lowest BCUT2D eigenvalue weighted by Crippen LogP contribution is -2.44. The third kappa shape index (κ3) is 3.10. The maximum atomic E-state index is 12.7. The number of carbonyl (C=O) groups is 2. The largest absolute Gasteiger partial charge is 0.525 e. The van der Waals surface area contributed by atoms with Crippen LogP contribution in [0.5, 0.6) is 0 Å². The summed E-state index contributed by atoms with van der Waals surface area (Å²) < 4.78 is 64.7. The molecule has 0 atom stereocenters. The van der Waals surface area contributed by atoms with Crippen molar-refractivity contribution in [3.8, 4) is 0 Å². The summed E-state index contributed by atoms with van der Waals surface area (Å²) in [6.45, 7) is 0. The van der Waals surface area contributed by atoms with Gasteiger partial charge in [-0.15, -0.1) is 32.9 Å². The molecule has 0 saturated carbocycles. The first kappa shape index (κ1) is 20.0. The summed E-state index contributed by atoms with van der Waals surface area (Å²) in [6, 6.07) is 6.47. The van der Waals surface area contributed by atoms with E-state index in [1.165, 1.54) is 0 Å². The average Bonchev–Trinajstić information content (AvgIpc) is 2.61. The molecule has 27 heavy (non-hydrogen) atoms. The summed E-state index contributed by atoms with van der Waals surface area (Å²) in [4.78, 5) is 26.2. The lowest BCUT2D eigenvalue weighted by molar-refractivity contribution is -0.0762. The number of benzene rings is 2. The van der Waals surface area contributed by atoms with Crippen LogP contribution in [0.2, 0.25) is 0 Å². The molecular formula is C15H10F3NO5S3. The monoisotopic (exact) mass is 437 g/mol. The molecule has 2 aromatic carbocycles. The summed E-state index contributed by atoms with van der Waals surface area (Å²) in [5.41, 5.74) is -5.95. The van der Waals surface area contributed by atoms with Gasteiger partial charge in [0.15, 0.2) is 0 Å². The highest BCUT2D eigenvalue weighted by Gasteiger charge is 2.52. The topological polar surface area (TPSA) is 80.8 Å². The number of imide groups is 1. The summed E-state index contributed by atoms with van der Waals surface area (Å²) in [7, 11) is -6.20. The zero-order valence-electron chi connectivity index (χ0n) is 13.7. The minimum absolute atomic E-state index is 0.0807. The molecule has 1 aliphatic rings. The van der Waals surface area contributed by atoms with Gasteiger partial charge in [0.1, 0.15) is 0 Å². The van der Waals surface area contributed by atoms with Gasteiger partial charge in [0.05, 0.1) is 11.1 Å². The second kappa shape index (κ2) is 6.69. The SMILES string of the molecule is CSc1ccc2ccc(SC)c3c2c1C(=O)N(OS(=O)(=O)C(F)(F)F)C3=O. The van der Waals surface area contributed by atoms with Crippen molar-refractivity contribution < 1.29 is 35.5 Å². The smallest absolute Gasteiger partial charge is 0.266 e. The van der Waals surface area contributed by atoms with E-state index in [4.69, 9.17) is 0 Å². The normalized spacial score (nSPS) is 14.9. The average molecular weight is 437 g/mol. The number of nitrogens with zero attached hydrogens (tertiary/aromatic N) is 1. The predicted octanol–water partition coefficient (Wildman–Crippen LogP) is 3.66. The quantitative estimate of drug-likeness (QED) is 0.410. The van der Waals surface area contributed by atoms with Gasteiger partial charge in [-0.05, 0) is 30.0 Å². The van der Waals surface area contributed by atoms with Crippen LogP contribution in [-0.4, -0.2) is 43.3 Å². The Kier molecular flexibility index (Phi) is 4.95. The molecular weight excluding hydrogens is 427 g/mol. The van der Waals surface area contributed by atoms with Crippen molar-refractivity contribution in [2.45, 2.75) is 15.3 Å². The zero-order chi connectivity index (χ0) is 20.1. The van der Waals surface area contributed by atoms with E-state index in [-0.39, 0.29) is 21.6 Å². The van der Waals surface area contributed by atoms with Gasteiger partial charge >= 0.3 is 15.6 Å². The first-order valence-electron chi connectivity index (χ1n) is 7.11. The molecule has 0 fully saturated rings. The molecule has 1 aliphatic heterocycles. The van der Waals surface area contributed by atoms with Gasteiger partial charge < -0.3 is 0 Å². The Labute approximate surface area is 160 Å². The van der Waals surface area contributed by atoms with Crippen LogP contribution in [0.25, 0.3) is 10.8 Å². The van der Waals surface area contributed by atoms with E-state index >= 15 is 0 Å². The van der Waals surface area contributed by atoms with Crippen LogP contribution in [0.15, 0.2) is 34.1 Å². The van der Waals surface area contributed by atoms with Crippen molar-refractivity contribution in [2.24, 2.45) is 0 Å². The summed E-state index contributed by atoms with van der Waals surface area (Å²) >= 11 is 2.26. The molecule has 3 rings (SSSR count). The number of alkyl halides is 3. The minimum Gasteiger partial charge on any atom is -0.266 e. The van der Waals surface area contributed by atoms with Crippen molar-refractivity contribution >= 4 is 56.2 Å². The van der Waals surface area contributed by atoms with Gasteiger partial charge in [0.25, 0.3) is 11.8 Å². The molecule has 0 radical (unpaired) electrons. The van der Waals surface area contributed by atoms with Crippen LogP contribution in [0.1, 0.15) is 20.7 Å². The van der Waals surface area contributed by atoms with Gasteiger partial charge in [0.2, 0.25) is 0 Å². The van der Waals surface area contributed by atoms with Crippen LogP contribution in [0.3, 0.4) is 0 Å². The molecule has 12 heteroatoms. The summed E-state index contributed by atoms with van der Waals surface area (Å²) in [6.07, 6.45) is 3.27. The van der Waals surface area contributed by atoms with Crippen LogP contribution in [-0.2, 0) is 14.4 Å². The highest BCUT2D eigenvalue weighted by atomic mass is 32.2. The van der Waals surface area contributed by atoms with E-state index in [2.05, 4.69) is 4.28 Å². The van der Waals surface area contributed by atoms with Crippen molar-refractivity contribution in [3.05, 3.63) is 35.4 Å². The Morgan fingerprint density at radius 2 is 1.37 bits per heavy atom. The number of rotatable bonds is 4. The number of hydrogen-bond donors (Lipinski definition) is 0. The Bertz CT molecular complexity index is 1020. The number of halogens is 3. The number of thioether (sulfide) groups is 2. The van der Waals surface area contributed by atoms with Crippen molar-refractivity contribution in [2.75, 3.05) is 12.5 Å². The lowest BCUT2D eigenvalue weighted by Gasteiger charge is -2.27. The van der Waals surface area contributed by atoms with E-state index in [1.54, 1.807) is 36.8 Å². The molecule has 0 aromatic heterocycles. The molecule has 0 aliphatic carbocycles. The predicted molar refractivity (Wildman–Crippen MR) is 94.1 cm³/mol. The molecule has 2 amide bonds. The Balaban J connectivity index is 2.30. The number of carbonyl (C=O) groups excluding carboxylic acids is 2. The Morgan fingerprint density at radius 3 is 1.74 bits per heavy atom. The van der Waals surface area contributed by atoms with Gasteiger partial charge in [-0.3, -0.25) is 9.59 Å². The van der Waals surface area contributed by atoms with E-state index in [1.807, 2.05) is 0 Å². The Hall–Kier alpha value is -1.76. The maximum absolute atomic E-state index is 12.7. The van der Waals surface area contributed by atoms with Crippen molar-refractivity contribution in [3.63, 3.8) is 0 Å². The molecule has 0 N–H and O–H groups in total. The third-order valence-corrected chi connectivity index (χ3v) is 6.27. The molecule has 2 aromatic rings. The maximum Gasteiger partial charge on any atom is 0.525 e. The van der Waals surface area contributed by atoms with Gasteiger partial charge in [-0.1, -0.05) is 12.1 Å². The van der Waals surface area contributed by atoms with Gasteiger partial charge in [0, 0.05) is 15.2 Å². The molecule has 6 nitrogen and oxygen atoms in total. The van der Waals surface area contributed by atoms with Crippen molar-refractivity contribution in [1.29, 1.82) is 0 Å². The molecule has 144 valence electrons. The summed E-state index contributed by atoms with van der Waals surface area (Å²) in [5, 5.41) is 0.447. The zero-order valence-corrected chi connectivity index (χ0v) is 16.1. The molecule has 1 heterocycles. The van der Waals surface area contributed by atoms with Crippen LogP contribution in [0.4, 0.5) is 13.2 Å². The fraction of sp³-hybridized carbons (Fsp3) is 0.200. The van der Waals surface area contributed by atoms with E-state index in [0.717, 1.165) is 23.5 Å². The van der Waals surface area contributed by atoms with Crippen LogP contribution >= 0.6 is 23.5 Å². The van der Waals surface area contributed by atoms with E-state index in [0.29, 0.717) is 15.2 Å². The molecule has 0 spiro atoms. The minimum atomic E-state index is -6.20. The lowest BCUT2D eigenvalue weighted by atomic mass is 9.95. The van der Waals surface area contributed by atoms with Gasteiger partial charge in [-0.2, -0.15) is 21.6 Å². The first-order valence-corrected chi connectivity index (χ1v) is 11.0. The number of hydrogen-bond acceptors (Lipinski definition) is 7. The third-order valence-electron chi connectivity index (χ3n) is 3.80. The molecule has 0 bridgehead atoms. The fourth-order valence-corrected chi connectivity index (χ4v) is 4.26. The van der Waals surface area contributed by atoms with E-state index in [9.17, 15) is 31.2 Å². The highest BCUT2D eigenvalue weighted by Crippen LogP contribution is 2.40.